The number of rotatable bonds is 5. The molecule has 0 aliphatic rings. The third kappa shape index (κ3) is 4.38. The standard InChI is InChI=1S/C26H23N5O3S/c1-14-9-15(2)11-18(10-14)28-20(32)12-31-13-27-25-21(26(31)33)17(4)22(35-25)24-29-23(30-34-24)19-8-6-5-7-16(19)3/h5-11,13H,12H2,1-4H3,(H,28,32). The lowest BCUT2D eigenvalue weighted by Crippen LogP contribution is -2.27. The van der Waals surface area contributed by atoms with E-state index < -0.39 is 0 Å². The summed E-state index contributed by atoms with van der Waals surface area (Å²) in [7, 11) is 0. The Balaban J connectivity index is 1.44. The number of hydrogen-bond acceptors (Lipinski definition) is 7. The van der Waals surface area contributed by atoms with Crippen molar-refractivity contribution in [2.24, 2.45) is 0 Å². The molecule has 0 bridgehead atoms. The van der Waals surface area contributed by atoms with Crippen LogP contribution in [0.15, 0.2) is 58.1 Å². The number of nitrogens with zero attached hydrogens (tertiary/aromatic N) is 4. The van der Waals surface area contributed by atoms with Crippen molar-refractivity contribution >= 4 is 33.1 Å². The van der Waals surface area contributed by atoms with Crippen LogP contribution in [0.3, 0.4) is 0 Å². The van der Waals surface area contributed by atoms with Crippen LogP contribution in [0.4, 0.5) is 5.69 Å². The maximum atomic E-state index is 13.2. The van der Waals surface area contributed by atoms with E-state index in [2.05, 4.69) is 20.4 Å². The van der Waals surface area contributed by atoms with E-state index in [0.717, 1.165) is 22.3 Å². The summed E-state index contributed by atoms with van der Waals surface area (Å²) in [6, 6.07) is 13.6. The normalized spacial score (nSPS) is 11.2. The molecule has 5 rings (SSSR count). The van der Waals surface area contributed by atoms with E-state index in [4.69, 9.17) is 4.52 Å². The lowest BCUT2D eigenvalue weighted by atomic mass is 10.1. The fourth-order valence-corrected chi connectivity index (χ4v) is 5.19. The van der Waals surface area contributed by atoms with Crippen LogP contribution in [-0.4, -0.2) is 25.6 Å². The number of thiophene rings is 1. The van der Waals surface area contributed by atoms with E-state index in [1.807, 2.05) is 70.2 Å². The van der Waals surface area contributed by atoms with E-state index in [9.17, 15) is 9.59 Å². The monoisotopic (exact) mass is 485 g/mol. The average Bonchev–Trinajstić information content (AvgIpc) is 3.40. The molecule has 0 saturated carbocycles. The molecule has 0 fully saturated rings. The number of carbonyl (C=O) groups excluding carboxylic acids is 1. The molecule has 0 unspecified atom stereocenters. The highest BCUT2D eigenvalue weighted by molar-refractivity contribution is 7.22. The predicted molar refractivity (Wildman–Crippen MR) is 137 cm³/mol. The first kappa shape index (κ1) is 22.7. The fourth-order valence-electron chi connectivity index (χ4n) is 4.13. The molecular weight excluding hydrogens is 462 g/mol. The maximum absolute atomic E-state index is 13.2. The zero-order valence-corrected chi connectivity index (χ0v) is 20.6. The van der Waals surface area contributed by atoms with Gasteiger partial charge in [-0.1, -0.05) is 35.5 Å². The molecule has 8 nitrogen and oxygen atoms in total. The topological polar surface area (TPSA) is 103 Å². The molecule has 0 aliphatic heterocycles. The lowest BCUT2D eigenvalue weighted by Gasteiger charge is -2.09. The van der Waals surface area contributed by atoms with E-state index in [-0.39, 0.29) is 18.0 Å². The first-order valence-electron chi connectivity index (χ1n) is 11.1. The van der Waals surface area contributed by atoms with Gasteiger partial charge in [0.2, 0.25) is 11.7 Å². The van der Waals surface area contributed by atoms with Crippen LogP contribution in [0.2, 0.25) is 0 Å². The van der Waals surface area contributed by atoms with Crippen molar-refractivity contribution in [2.45, 2.75) is 34.2 Å². The van der Waals surface area contributed by atoms with Gasteiger partial charge in [0.25, 0.3) is 11.4 Å². The molecule has 1 N–H and O–H groups in total. The molecule has 3 heterocycles. The minimum absolute atomic E-state index is 0.141. The van der Waals surface area contributed by atoms with Crippen molar-refractivity contribution in [3.63, 3.8) is 0 Å². The van der Waals surface area contributed by atoms with Gasteiger partial charge in [-0.2, -0.15) is 4.98 Å². The van der Waals surface area contributed by atoms with E-state index in [1.54, 1.807) is 0 Å². The molecule has 0 radical (unpaired) electrons. The summed E-state index contributed by atoms with van der Waals surface area (Å²) < 4.78 is 6.86. The van der Waals surface area contributed by atoms with Gasteiger partial charge in [-0.05, 0) is 62.1 Å². The highest BCUT2D eigenvalue weighted by atomic mass is 32.1. The van der Waals surface area contributed by atoms with Crippen molar-refractivity contribution in [1.29, 1.82) is 0 Å². The number of aromatic nitrogens is 4. The van der Waals surface area contributed by atoms with Crippen LogP contribution in [0.25, 0.3) is 32.4 Å². The number of amides is 1. The summed E-state index contributed by atoms with van der Waals surface area (Å²) >= 11 is 1.32. The van der Waals surface area contributed by atoms with Gasteiger partial charge in [0, 0.05) is 11.3 Å². The van der Waals surface area contributed by atoms with Gasteiger partial charge in [-0.15, -0.1) is 11.3 Å². The summed E-state index contributed by atoms with van der Waals surface area (Å²) in [6.45, 7) is 7.61. The average molecular weight is 486 g/mol. The summed E-state index contributed by atoms with van der Waals surface area (Å²) in [6.07, 6.45) is 1.40. The number of hydrogen-bond donors (Lipinski definition) is 1. The number of aryl methyl sites for hydroxylation is 4. The Morgan fingerprint density at radius 2 is 1.83 bits per heavy atom. The second-order valence-electron chi connectivity index (χ2n) is 8.58. The summed E-state index contributed by atoms with van der Waals surface area (Å²) in [5.74, 6) is 0.525. The number of fused-ring (bicyclic) bond motifs is 1. The van der Waals surface area contributed by atoms with E-state index in [0.29, 0.717) is 38.1 Å². The van der Waals surface area contributed by atoms with Crippen LogP contribution in [0.1, 0.15) is 22.3 Å². The summed E-state index contributed by atoms with van der Waals surface area (Å²) in [5, 5.41) is 7.44. The first-order valence-corrected chi connectivity index (χ1v) is 11.9. The van der Waals surface area contributed by atoms with Gasteiger partial charge in [-0.3, -0.25) is 14.2 Å². The highest BCUT2D eigenvalue weighted by Gasteiger charge is 2.21. The Labute approximate surface area is 205 Å². The van der Waals surface area contributed by atoms with Gasteiger partial charge >= 0.3 is 0 Å². The van der Waals surface area contributed by atoms with Gasteiger partial charge < -0.3 is 9.84 Å². The van der Waals surface area contributed by atoms with Crippen LogP contribution in [0.5, 0.6) is 0 Å². The zero-order valence-electron chi connectivity index (χ0n) is 19.7. The lowest BCUT2D eigenvalue weighted by molar-refractivity contribution is -0.116. The number of anilines is 1. The summed E-state index contributed by atoms with van der Waals surface area (Å²) in [4.78, 5) is 36.1. The predicted octanol–water partition coefficient (Wildman–Crippen LogP) is 5.05. The molecule has 0 spiro atoms. The molecule has 0 saturated heterocycles. The molecule has 35 heavy (non-hydrogen) atoms. The molecule has 1 amide bonds. The van der Waals surface area contributed by atoms with E-state index >= 15 is 0 Å². The van der Waals surface area contributed by atoms with Gasteiger partial charge in [0.1, 0.15) is 11.4 Å². The Bertz CT molecular complexity index is 1630. The Morgan fingerprint density at radius 1 is 1.09 bits per heavy atom. The minimum atomic E-state index is -0.300. The minimum Gasteiger partial charge on any atom is -0.333 e. The van der Waals surface area contributed by atoms with Crippen LogP contribution >= 0.6 is 11.3 Å². The largest absolute Gasteiger partial charge is 0.333 e. The van der Waals surface area contributed by atoms with Gasteiger partial charge in [-0.25, -0.2) is 4.98 Å². The molecule has 176 valence electrons. The second kappa shape index (κ2) is 8.92. The molecular formula is C26H23N5O3S. The molecule has 9 heteroatoms. The molecule has 5 aromatic rings. The quantitative estimate of drug-likeness (QED) is 0.374. The smallest absolute Gasteiger partial charge is 0.268 e. The molecule has 0 atom stereocenters. The third-order valence-electron chi connectivity index (χ3n) is 5.74. The van der Waals surface area contributed by atoms with Crippen LogP contribution in [-0.2, 0) is 11.3 Å². The van der Waals surface area contributed by atoms with Gasteiger partial charge in [0.05, 0.1) is 16.6 Å². The van der Waals surface area contributed by atoms with Crippen molar-refractivity contribution in [3.8, 4) is 22.2 Å². The third-order valence-corrected chi connectivity index (χ3v) is 6.93. The van der Waals surface area contributed by atoms with Crippen molar-refractivity contribution in [1.82, 2.24) is 19.7 Å². The second-order valence-corrected chi connectivity index (χ2v) is 9.58. The van der Waals surface area contributed by atoms with Crippen molar-refractivity contribution in [3.05, 3.63) is 81.4 Å². The highest BCUT2D eigenvalue weighted by Crippen LogP contribution is 2.35. The Kier molecular flexibility index (Phi) is 5.78. The molecule has 3 aromatic heterocycles. The number of benzene rings is 2. The molecule has 0 aliphatic carbocycles. The van der Waals surface area contributed by atoms with Crippen molar-refractivity contribution < 1.29 is 9.32 Å². The van der Waals surface area contributed by atoms with Crippen LogP contribution < -0.4 is 10.9 Å². The number of carbonyl (C=O) groups is 1. The summed E-state index contributed by atoms with van der Waals surface area (Å²) in [5.41, 5.74) is 5.13. The first-order chi connectivity index (χ1) is 16.8. The van der Waals surface area contributed by atoms with Gasteiger partial charge in [0.15, 0.2) is 0 Å². The van der Waals surface area contributed by atoms with E-state index in [1.165, 1.54) is 22.2 Å². The number of nitrogens with one attached hydrogen (secondary N) is 1. The SMILES string of the molecule is Cc1cc(C)cc(NC(=O)Cn2cnc3sc(-c4nc(-c5ccccc5C)no4)c(C)c3c2=O)c1. The molecule has 2 aromatic carbocycles. The fraction of sp³-hybridized carbons (Fsp3) is 0.192. The van der Waals surface area contributed by atoms with Crippen LogP contribution in [0, 0.1) is 27.7 Å². The Morgan fingerprint density at radius 3 is 2.57 bits per heavy atom. The Hall–Kier alpha value is -4.11. The van der Waals surface area contributed by atoms with Crippen molar-refractivity contribution in [2.75, 3.05) is 5.32 Å². The zero-order chi connectivity index (χ0) is 24.7. The maximum Gasteiger partial charge on any atom is 0.268 e.